The number of nitrogens with one attached hydrogen (secondary N) is 2. The van der Waals surface area contributed by atoms with Crippen LogP contribution >= 0.6 is 0 Å². The zero-order valence-corrected chi connectivity index (χ0v) is 18.5. The highest BCUT2D eigenvalue weighted by atomic mass is 16.5. The van der Waals surface area contributed by atoms with Crippen LogP contribution in [0.5, 0.6) is 11.5 Å². The molecule has 8 heteroatoms. The predicted octanol–water partition coefficient (Wildman–Crippen LogP) is 2.71. The molecule has 0 spiro atoms. The first-order chi connectivity index (χ1) is 15.0. The summed E-state index contributed by atoms with van der Waals surface area (Å²) in [5, 5.41) is 5.44. The lowest BCUT2D eigenvalue weighted by Crippen LogP contribution is -2.43. The molecule has 1 aromatic heterocycles. The van der Waals surface area contributed by atoms with Gasteiger partial charge in [0.2, 0.25) is 0 Å². The number of rotatable bonds is 7. The number of aryl methyl sites for hydroxylation is 1. The molecular formula is C23H32N4O4. The van der Waals surface area contributed by atoms with Gasteiger partial charge in [-0.2, -0.15) is 0 Å². The van der Waals surface area contributed by atoms with E-state index in [4.69, 9.17) is 9.47 Å². The molecule has 168 valence electrons. The van der Waals surface area contributed by atoms with E-state index >= 15 is 0 Å². The van der Waals surface area contributed by atoms with Crippen LogP contribution in [-0.2, 0) is 16.6 Å². The van der Waals surface area contributed by atoms with E-state index in [2.05, 4.69) is 26.2 Å². The zero-order valence-electron chi connectivity index (χ0n) is 18.5. The topological polar surface area (TPSA) is 84.8 Å². The average Bonchev–Trinajstić information content (AvgIpc) is 3.02. The van der Waals surface area contributed by atoms with Gasteiger partial charge in [0.15, 0.2) is 0 Å². The molecular weight excluding hydrogens is 396 g/mol. The molecule has 1 aliphatic rings. The van der Waals surface area contributed by atoms with E-state index in [1.807, 2.05) is 19.3 Å². The molecule has 2 N–H and O–H groups in total. The van der Waals surface area contributed by atoms with Gasteiger partial charge in [-0.15, -0.1) is 0 Å². The molecule has 1 aromatic carbocycles. The Labute approximate surface area is 183 Å². The number of aromatic nitrogens is 1. The molecule has 3 rings (SSSR count). The summed E-state index contributed by atoms with van der Waals surface area (Å²) in [5.74, 6) is -0.415. The number of ether oxygens (including phenoxy) is 2. The van der Waals surface area contributed by atoms with Crippen molar-refractivity contribution in [3.05, 3.63) is 42.2 Å². The van der Waals surface area contributed by atoms with Gasteiger partial charge >= 0.3 is 11.8 Å². The summed E-state index contributed by atoms with van der Waals surface area (Å²) in [7, 11) is 5.04. The summed E-state index contributed by atoms with van der Waals surface area (Å²) < 4.78 is 12.5. The van der Waals surface area contributed by atoms with E-state index in [9.17, 15) is 9.59 Å². The van der Waals surface area contributed by atoms with Crippen molar-refractivity contribution >= 4 is 17.5 Å². The Bertz CT molecular complexity index is 887. The number of hydrogen-bond donors (Lipinski definition) is 2. The number of carbonyl (C=O) groups is 2. The Hall–Kier alpha value is -3.00. The molecule has 1 atom stereocenters. The molecule has 2 aromatic rings. The average molecular weight is 429 g/mol. The fourth-order valence-corrected chi connectivity index (χ4v) is 4.01. The molecule has 2 heterocycles. The Morgan fingerprint density at radius 2 is 1.77 bits per heavy atom. The number of methoxy groups -OCH3 is 2. The minimum absolute atomic E-state index is 0.0150. The minimum atomic E-state index is -0.743. The second-order valence-electron chi connectivity index (χ2n) is 7.74. The normalized spacial score (nSPS) is 15.6. The fraction of sp³-hybridized carbons (Fsp3) is 0.478. The molecule has 1 saturated heterocycles. The fourth-order valence-electron chi connectivity index (χ4n) is 4.01. The number of benzene rings is 1. The van der Waals surface area contributed by atoms with Gasteiger partial charge in [0.25, 0.3) is 0 Å². The van der Waals surface area contributed by atoms with Crippen molar-refractivity contribution in [2.45, 2.75) is 31.7 Å². The standard InChI is InChI=1S/C23H32N4O4/c1-26-12-8-9-19(26)20(27-13-6-4-5-7-14-27)16-24-22(28)23(29)25-18-15-17(30-2)10-11-21(18)31-3/h8-12,15,20H,4-7,13-14,16H2,1-3H3,(H,24,28)(H,25,29)/t20-/m0/s1. The van der Waals surface area contributed by atoms with Crippen LogP contribution in [0.15, 0.2) is 36.5 Å². The summed E-state index contributed by atoms with van der Waals surface area (Å²) >= 11 is 0. The van der Waals surface area contributed by atoms with Gasteiger partial charge < -0.3 is 24.7 Å². The Kier molecular flexibility index (Phi) is 7.94. The predicted molar refractivity (Wildman–Crippen MR) is 119 cm³/mol. The van der Waals surface area contributed by atoms with Crippen molar-refractivity contribution in [1.29, 1.82) is 0 Å². The summed E-state index contributed by atoms with van der Waals surface area (Å²) in [6.07, 6.45) is 6.75. The number of anilines is 1. The second kappa shape index (κ2) is 10.9. The SMILES string of the molecule is COc1ccc(OC)c(NC(=O)C(=O)NC[C@@H](c2cccn2C)N2CCCCCC2)c1. The Morgan fingerprint density at radius 3 is 2.39 bits per heavy atom. The summed E-state index contributed by atoms with van der Waals surface area (Å²) in [4.78, 5) is 27.5. The van der Waals surface area contributed by atoms with Crippen LogP contribution in [0.1, 0.15) is 37.4 Å². The molecule has 0 saturated carbocycles. The molecule has 1 fully saturated rings. The summed E-state index contributed by atoms with van der Waals surface area (Å²) in [6, 6.07) is 9.11. The third-order valence-electron chi connectivity index (χ3n) is 5.72. The van der Waals surface area contributed by atoms with E-state index in [0.717, 1.165) is 31.6 Å². The monoisotopic (exact) mass is 428 g/mol. The number of likely N-dealkylation sites (tertiary alicyclic amines) is 1. The van der Waals surface area contributed by atoms with Crippen molar-refractivity contribution in [3.8, 4) is 11.5 Å². The Balaban J connectivity index is 1.68. The second-order valence-corrected chi connectivity index (χ2v) is 7.74. The maximum absolute atomic E-state index is 12.6. The summed E-state index contributed by atoms with van der Waals surface area (Å²) in [5.41, 5.74) is 1.51. The smallest absolute Gasteiger partial charge is 0.313 e. The van der Waals surface area contributed by atoms with Gasteiger partial charge in [-0.25, -0.2) is 0 Å². The summed E-state index contributed by atoms with van der Waals surface area (Å²) in [6.45, 7) is 2.33. The van der Waals surface area contributed by atoms with Crippen LogP contribution in [0.3, 0.4) is 0 Å². The highest BCUT2D eigenvalue weighted by Crippen LogP contribution is 2.29. The van der Waals surface area contributed by atoms with E-state index < -0.39 is 11.8 Å². The van der Waals surface area contributed by atoms with Gasteiger partial charge in [-0.05, 0) is 50.2 Å². The molecule has 0 aliphatic carbocycles. The van der Waals surface area contributed by atoms with Crippen molar-refractivity contribution in [2.24, 2.45) is 7.05 Å². The maximum Gasteiger partial charge on any atom is 0.313 e. The number of amides is 2. The molecule has 1 aliphatic heterocycles. The number of nitrogens with zero attached hydrogens (tertiary/aromatic N) is 2. The minimum Gasteiger partial charge on any atom is -0.497 e. The largest absolute Gasteiger partial charge is 0.497 e. The van der Waals surface area contributed by atoms with E-state index in [0.29, 0.717) is 23.7 Å². The first-order valence-corrected chi connectivity index (χ1v) is 10.7. The lowest BCUT2D eigenvalue weighted by atomic mass is 10.1. The molecule has 0 bridgehead atoms. The van der Waals surface area contributed by atoms with E-state index in [1.165, 1.54) is 27.1 Å². The maximum atomic E-state index is 12.6. The van der Waals surface area contributed by atoms with Gasteiger partial charge in [0.05, 0.1) is 25.9 Å². The van der Waals surface area contributed by atoms with Crippen LogP contribution in [0, 0.1) is 0 Å². The quantitative estimate of drug-likeness (QED) is 0.663. The van der Waals surface area contributed by atoms with Crippen LogP contribution in [0.4, 0.5) is 5.69 Å². The number of hydrogen-bond acceptors (Lipinski definition) is 5. The van der Waals surface area contributed by atoms with Gasteiger partial charge in [0.1, 0.15) is 11.5 Å². The molecule has 31 heavy (non-hydrogen) atoms. The molecule has 0 radical (unpaired) electrons. The highest BCUT2D eigenvalue weighted by molar-refractivity contribution is 6.39. The lowest BCUT2D eigenvalue weighted by Gasteiger charge is -2.31. The van der Waals surface area contributed by atoms with Crippen molar-refractivity contribution in [3.63, 3.8) is 0 Å². The van der Waals surface area contributed by atoms with Crippen LogP contribution < -0.4 is 20.1 Å². The first kappa shape index (κ1) is 22.7. The Morgan fingerprint density at radius 1 is 1.03 bits per heavy atom. The van der Waals surface area contributed by atoms with Crippen molar-refractivity contribution in [2.75, 3.05) is 39.2 Å². The lowest BCUT2D eigenvalue weighted by molar-refractivity contribution is -0.136. The molecule has 2 amide bonds. The molecule has 8 nitrogen and oxygen atoms in total. The third-order valence-corrected chi connectivity index (χ3v) is 5.72. The zero-order chi connectivity index (χ0) is 22.2. The third kappa shape index (κ3) is 5.79. The molecule has 0 unspecified atom stereocenters. The van der Waals surface area contributed by atoms with Gasteiger partial charge in [0, 0.05) is 31.5 Å². The van der Waals surface area contributed by atoms with E-state index in [-0.39, 0.29) is 6.04 Å². The van der Waals surface area contributed by atoms with Crippen molar-refractivity contribution in [1.82, 2.24) is 14.8 Å². The van der Waals surface area contributed by atoms with Gasteiger partial charge in [-0.3, -0.25) is 14.5 Å². The van der Waals surface area contributed by atoms with Crippen molar-refractivity contribution < 1.29 is 19.1 Å². The first-order valence-electron chi connectivity index (χ1n) is 10.7. The van der Waals surface area contributed by atoms with E-state index in [1.54, 1.807) is 18.2 Å². The number of carbonyl (C=O) groups excluding carboxylic acids is 2. The van der Waals surface area contributed by atoms with Crippen LogP contribution in [-0.4, -0.2) is 55.1 Å². The highest BCUT2D eigenvalue weighted by Gasteiger charge is 2.25. The van der Waals surface area contributed by atoms with Crippen LogP contribution in [0.2, 0.25) is 0 Å². The van der Waals surface area contributed by atoms with Crippen LogP contribution in [0.25, 0.3) is 0 Å². The van der Waals surface area contributed by atoms with Gasteiger partial charge in [-0.1, -0.05) is 12.8 Å².